The van der Waals surface area contributed by atoms with Crippen LogP contribution in [-0.4, -0.2) is 19.9 Å². The fraction of sp³-hybridized carbons (Fsp3) is 0.421. The number of nitrogens with one attached hydrogen (secondary N) is 2. The van der Waals surface area contributed by atoms with E-state index < -0.39 is 21.5 Å². The van der Waals surface area contributed by atoms with Crippen LogP contribution in [0.1, 0.15) is 57.7 Å². The highest BCUT2D eigenvalue weighted by Gasteiger charge is 2.26. The molecule has 1 heterocycles. The Hall–Kier alpha value is -2.12. The molecule has 7 heteroatoms. The van der Waals surface area contributed by atoms with E-state index in [9.17, 15) is 13.2 Å². The van der Waals surface area contributed by atoms with Gasteiger partial charge in [0, 0.05) is 11.2 Å². The Morgan fingerprint density at radius 3 is 2.00 bits per heavy atom. The van der Waals surface area contributed by atoms with Crippen LogP contribution in [0.3, 0.4) is 0 Å². The summed E-state index contributed by atoms with van der Waals surface area (Å²) in [6.07, 6.45) is 0. The topological polar surface area (TPSA) is 88.4 Å². The highest BCUT2D eigenvalue weighted by atomic mass is 32.2. The number of benzene rings is 1. The van der Waals surface area contributed by atoms with Gasteiger partial charge in [-0.3, -0.25) is 4.79 Å². The van der Waals surface area contributed by atoms with Crippen LogP contribution in [0.4, 0.5) is 5.69 Å². The molecule has 0 saturated heterocycles. The molecule has 0 spiro atoms. The number of hydrogen-bond donors (Lipinski definition) is 2. The van der Waals surface area contributed by atoms with Crippen LogP contribution < -0.4 is 10.0 Å². The second-order valence-electron chi connectivity index (χ2n) is 8.26. The van der Waals surface area contributed by atoms with Gasteiger partial charge < -0.3 is 9.73 Å². The summed E-state index contributed by atoms with van der Waals surface area (Å²) < 4.78 is 32.2. The van der Waals surface area contributed by atoms with E-state index in [1.54, 1.807) is 32.9 Å². The van der Waals surface area contributed by atoms with Crippen molar-refractivity contribution in [2.24, 2.45) is 0 Å². The molecule has 0 radical (unpaired) electrons. The van der Waals surface area contributed by atoms with Crippen LogP contribution in [-0.2, 0) is 15.4 Å². The van der Waals surface area contributed by atoms with E-state index in [2.05, 4.69) is 30.8 Å². The van der Waals surface area contributed by atoms with Gasteiger partial charge in [0.25, 0.3) is 15.9 Å². The Bertz CT molecular complexity index is 883. The Labute approximate surface area is 155 Å². The van der Waals surface area contributed by atoms with E-state index in [1.807, 2.05) is 12.1 Å². The summed E-state index contributed by atoms with van der Waals surface area (Å²) >= 11 is 0. The normalized spacial score (nSPS) is 12.8. The molecule has 2 rings (SSSR count). The highest BCUT2D eigenvalue weighted by molar-refractivity contribution is 7.89. The summed E-state index contributed by atoms with van der Waals surface area (Å²) in [4.78, 5) is 12.3. The lowest BCUT2D eigenvalue weighted by molar-refractivity contribution is 0.0991. The average Bonchev–Trinajstić information content (AvgIpc) is 2.95. The summed E-state index contributed by atoms with van der Waals surface area (Å²) in [5.74, 6) is -0.579. The minimum Gasteiger partial charge on any atom is -0.438 e. The number of hydrogen-bond acceptors (Lipinski definition) is 4. The molecule has 6 nitrogen and oxygen atoms in total. The fourth-order valence-corrected chi connectivity index (χ4v) is 3.64. The van der Waals surface area contributed by atoms with Gasteiger partial charge in [0.05, 0.1) is 0 Å². The van der Waals surface area contributed by atoms with Crippen molar-refractivity contribution in [2.45, 2.75) is 57.6 Å². The molecule has 0 atom stereocenters. The van der Waals surface area contributed by atoms with Gasteiger partial charge in [-0.25, -0.2) is 13.1 Å². The summed E-state index contributed by atoms with van der Waals surface area (Å²) in [5.41, 5.74) is 1.13. The van der Waals surface area contributed by atoms with E-state index >= 15 is 0 Å². The van der Waals surface area contributed by atoms with Gasteiger partial charge >= 0.3 is 0 Å². The second-order valence-corrected chi connectivity index (χ2v) is 9.87. The van der Waals surface area contributed by atoms with E-state index in [1.165, 1.54) is 12.1 Å². The van der Waals surface area contributed by atoms with Crippen molar-refractivity contribution in [1.82, 2.24) is 4.72 Å². The molecule has 0 aliphatic heterocycles. The van der Waals surface area contributed by atoms with Crippen molar-refractivity contribution in [3.63, 3.8) is 0 Å². The molecule has 0 fully saturated rings. The number of amides is 1. The Morgan fingerprint density at radius 1 is 0.923 bits per heavy atom. The third-order valence-corrected chi connectivity index (χ3v) is 5.15. The summed E-state index contributed by atoms with van der Waals surface area (Å²) in [5, 5.41) is 2.41. The zero-order valence-electron chi connectivity index (χ0n) is 16.0. The molecule has 1 aromatic heterocycles. The van der Waals surface area contributed by atoms with Crippen molar-refractivity contribution in [2.75, 3.05) is 5.32 Å². The lowest BCUT2D eigenvalue weighted by Crippen LogP contribution is -2.40. The van der Waals surface area contributed by atoms with Gasteiger partial charge in [0.1, 0.15) is 0 Å². The summed E-state index contributed by atoms with van der Waals surface area (Å²) in [6.45, 7) is 11.5. The highest BCUT2D eigenvalue weighted by Crippen LogP contribution is 2.24. The van der Waals surface area contributed by atoms with E-state index in [-0.39, 0.29) is 16.3 Å². The van der Waals surface area contributed by atoms with Crippen molar-refractivity contribution >= 4 is 21.6 Å². The SMILES string of the molecule is CC(C)(C)NS(=O)(=O)c1ccc(C(=O)Nc2ccc(C(C)(C)C)cc2)o1. The third kappa shape index (κ3) is 5.19. The Kier molecular flexibility index (Phi) is 5.35. The number of anilines is 1. The molecule has 0 unspecified atom stereocenters. The number of sulfonamides is 1. The standard InChI is InChI=1S/C19H26N2O4S/c1-18(2,3)13-7-9-14(10-8-13)20-17(22)15-11-12-16(25-15)26(23,24)21-19(4,5)6/h7-12,21H,1-6H3,(H,20,22). The van der Waals surface area contributed by atoms with Gasteiger partial charge in [-0.2, -0.15) is 0 Å². The van der Waals surface area contributed by atoms with Gasteiger partial charge in [-0.1, -0.05) is 32.9 Å². The molecule has 2 aromatic rings. The second kappa shape index (κ2) is 6.89. The molecule has 2 N–H and O–H groups in total. The Morgan fingerprint density at radius 2 is 1.50 bits per heavy atom. The molecule has 142 valence electrons. The molecule has 0 aliphatic carbocycles. The molecule has 1 amide bonds. The molecular weight excluding hydrogens is 352 g/mol. The zero-order valence-corrected chi connectivity index (χ0v) is 16.8. The number of carbonyl (C=O) groups excluding carboxylic acids is 1. The number of rotatable bonds is 4. The largest absolute Gasteiger partial charge is 0.438 e. The van der Waals surface area contributed by atoms with Gasteiger partial charge in [-0.05, 0) is 56.0 Å². The maximum atomic E-state index is 12.3. The van der Waals surface area contributed by atoms with Gasteiger partial charge in [0.2, 0.25) is 5.09 Å². The van der Waals surface area contributed by atoms with E-state index in [4.69, 9.17) is 4.42 Å². The van der Waals surface area contributed by atoms with Gasteiger partial charge in [0.15, 0.2) is 5.76 Å². The fourth-order valence-electron chi connectivity index (χ4n) is 2.29. The first-order valence-corrected chi connectivity index (χ1v) is 9.82. The Balaban J connectivity index is 2.13. The quantitative estimate of drug-likeness (QED) is 0.844. The lowest BCUT2D eigenvalue weighted by Gasteiger charge is -2.19. The van der Waals surface area contributed by atoms with E-state index in [0.29, 0.717) is 5.69 Å². The average molecular weight is 378 g/mol. The number of furan rings is 1. The summed E-state index contributed by atoms with van der Waals surface area (Å²) in [6, 6.07) is 10.1. The molecular formula is C19H26N2O4S. The molecule has 0 bridgehead atoms. The maximum Gasteiger partial charge on any atom is 0.291 e. The molecule has 26 heavy (non-hydrogen) atoms. The van der Waals surface area contributed by atoms with Crippen molar-refractivity contribution < 1.29 is 17.6 Å². The monoisotopic (exact) mass is 378 g/mol. The van der Waals surface area contributed by atoms with Crippen LogP contribution in [0.25, 0.3) is 0 Å². The van der Waals surface area contributed by atoms with Crippen molar-refractivity contribution in [1.29, 1.82) is 0 Å². The predicted octanol–water partition coefficient (Wildman–Crippen LogP) is 3.91. The minimum absolute atomic E-state index is 0.0207. The first kappa shape index (κ1) is 20.2. The van der Waals surface area contributed by atoms with Crippen LogP contribution in [0.2, 0.25) is 0 Å². The first-order chi connectivity index (χ1) is 11.8. The predicted molar refractivity (Wildman–Crippen MR) is 102 cm³/mol. The van der Waals surface area contributed by atoms with Crippen LogP contribution >= 0.6 is 0 Å². The lowest BCUT2D eigenvalue weighted by atomic mass is 9.87. The molecule has 0 aliphatic rings. The maximum absolute atomic E-state index is 12.3. The smallest absolute Gasteiger partial charge is 0.291 e. The van der Waals surface area contributed by atoms with Crippen LogP contribution in [0.15, 0.2) is 45.9 Å². The molecule has 0 saturated carbocycles. The first-order valence-electron chi connectivity index (χ1n) is 8.34. The van der Waals surface area contributed by atoms with Crippen LogP contribution in [0.5, 0.6) is 0 Å². The van der Waals surface area contributed by atoms with Crippen LogP contribution in [0, 0.1) is 0 Å². The minimum atomic E-state index is -3.82. The number of carbonyl (C=O) groups is 1. The van der Waals surface area contributed by atoms with Crippen molar-refractivity contribution in [3.05, 3.63) is 47.7 Å². The van der Waals surface area contributed by atoms with Gasteiger partial charge in [-0.15, -0.1) is 0 Å². The van der Waals surface area contributed by atoms with E-state index in [0.717, 1.165) is 5.56 Å². The van der Waals surface area contributed by atoms with Crippen molar-refractivity contribution in [3.8, 4) is 0 Å². The molecule has 1 aromatic carbocycles. The summed E-state index contributed by atoms with van der Waals surface area (Å²) in [7, 11) is -3.82. The zero-order chi connectivity index (χ0) is 19.8. The third-order valence-electron chi connectivity index (χ3n) is 3.52.